The van der Waals surface area contributed by atoms with Crippen LogP contribution in [-0.2, 0) is 14.3 Å². The molecule has 5 heteroatoms. The molecule has 30 heavy (non-hydrogen) atoms. The van der Waals surface area contributed by atoms with E-state index in [2.05, 4.69) is 44.3 Å². The van der Waals surface area contributed by atoms with Gasteiger partial charge in [0.1, 0.15) is 11.9 Å². The molecule has 0 aromatic carbocycles. The van der Waals surface area contributed by atoms with Crippen LogP contribution in [0.1, 0.15) is 79.1 Å². The van der Waals surface area contributed by atoms with Crippen LogP contribution in [0.25, 0.3) is 0 Å². The van der Waals surface area contributed by atoms with Crippen LogP contribution in [0.2, 0.25) is 0 Å². The Bertz CT molecular complexity index is 732. The van der Waals surface area contributed by atoms with Crippen LogP contribution in [0.15, 0.2) is 0 Å². The minimum absolute atomic E-state index is 0.0633. The molecule has 0 amide bonds. The van der Waals surface area contributed by atoms with Crippen molar-refractivity contribution in [3.05, 3.63) is 0 Å². The normalized spacial score (nSPS) is 49.8. The maximum absolute atomic E-state index is 13.9. The van der Waals surface area contributed by atoms with Gasteiger partial charge in [-0.05, 0) is 86.4 Å². The monoisotopic (exact) mass is 450 g/mol. The van der Waals surface area contributed by atoms with Gasteiger partial charge in [0, 0.05) is 30.8 Å². The zero-order valence-corrected chi connectivity index (χ0v) is 20.7. The number of ketones is 1. The number of carbonyl (C=O) groups is 2. The highest BCUT2D eigenvalue weighted by Gasteiger charge is 2.65. The highest BCUT2D eigenvalue weighted by Crippen LogP contribution is 2.70. The summed E-state index contributed by atoms with van der Waals surface area (Å²) in [5.74, 6) is 5.67. The zero-order valence-electron chi connectivity index (χ0n) is 19.1. The van der Waals surface area contributed by atoms with Gasteiger partial charge in [0.25, 0.3) is 0 Å². The minimum Gasteiger partial charge on any atom is -0.463 e. The first-order valence-electron chi connectivity index (χ1n) is 12.2. The van der Waals surface area contributed by atoms with E-state index in [0.717, 1.165) is 25.7 Å². The lowest BCUT2D eigenvalue weighted by Crippen LogP contribution is -2.58. The molecule has 0 aromatic rings. The number of Topliss-reactive ketones (excluding diaryl/α,β-unsaturated/α-hetero) is 1. The Morgan fingerprint density at radius 1 is 1.00 bits per heavy atom. The zero-order chi connectivity index (χ0) is 21.3. The lowest BCUT2D eigenvalue weighted by molar-refractivity contribution is -0.169. The van der Waals surface area contributed by atoms with E-state index in [1.807, 2.05) is 0 Å². The number of carbonyl (C=O) groups excluding carboxylic acids is 2. The molecule has 0 spiro atoms. The van der Waals surface area contributed by atoms with Crippen LogP contribution < -0.4 is 0 Å². The van der Waals surface area contributed by atoms with E-state index in [-0.39, 0.29) is 28.8 Å². The summed E-state index contributed by atoms with van der Waals surface area (Å²) in [6, 6.07) is 0. The summed E-state index contributed by atoms with van der Waals surface area (Å²) >= 11 is 4.32. The van der Waals surface area contributed by atoms with Gasteiger partial charge in [-0.2, -0.15) is 0 Å². The van der Waals surface area contributed by atoms with Crippen molar-refractivity contribution in [1.82, 2.24) is 0 Å². The lowest BCUT2D eigenvalue weighted by atomic mass is 9.44. The smallest absolute Gasteiger partial charge is 0.302 e. The average Bonchev–Trinajstić information content (AvgIpc) is 3.25. The lowest BCUT2D eigenvalue weighted by Gasteiger charge is -2.60. The molecule has 1 heterocycles. The van der Waals surface area contributed by atoms with Gasteiger partial charge in [-0.3, -0.25) is 9.59 Å². The third kappa shape index (κ3) is 3.15. The summed E-state index contributed by atoms with van der Waals surface area (Å²) in [5, 5.41) is 0. The van der Waals surface area contributed by atoms with Crippen LogP contribution in [0.3, 0.4) is 0 Å². The van der Waals surface area contributed by atoms with Gasteiger partial charge in [-0.1, -0.05) is 13.8 Å². The van der Waals surface area contributed by atoms with E-state index in [1.165, 1.54) is 44.1 Å². The van der Waals surface area contributed by atoms with E-state index in [4.69, 9.17) is 4.74 Å². The van der Waals surface area contributed by atoms with Gasteiger partial charge in [0.15, 0.2) is 0 Å². The van der Waals surface area contributed by atoms with Crippen molar-refractivity contribution in [1.29, 1.82) is 0 Å². The first-order valence-corrected chi connectivity index (χ1v) is 14.1. The van der Waals surface area contributed by atoms with E-state index in [9.17, 15) is 9.59 Å². The molecule has 3 nitrogen and oxygen atoms in total. The fraction of sp³-hybridized carbons (Fsp3) is 0.920. The van der Waals surface area contributed by atoms with Crippen molar-refractivity contribution in [2.75, 3.05) is 11.5 Å². The van der Waals surface area contributed by atoms with Crippen LogP contribution in [-0.4, -0.2) is 33.4 Å². The van der Waals surface area contributed by atoms with Crippen molar-refractivity contribution in [2.24, 2.45) is 40.4 Å². The maximum Gasteiger partial charge on any atom is 0.302 e. The molecule has 0 radical (unpaired) electrons. The molecule has 5 aliphatic rings. The van der Waals surface area contributed by atoms with Crippen molar-refractivity contribution < 1.29 is 14.3 Å². The number of hydrogen-bond donors (Lipinski definition) is 0. The Labute approximate surface area is 190 Å². The van der Waals surface area contributed by atoms with Crippen molar-refractivity contribution in [2.45, 2.75) is 89.2 Å². The van der Waals surface area contributed by atoms with Gasteiger partial charge in [0.05, 0.1) is 4.08 Å². The number of ether oxygens (including phenoxy) is 1. The Kier molecular flexibility index (Phi) is 5.37. The summed E-state index contributed by atoms with van der Waals surface area (Å²) in [7, 11) is 0. The molecule has 0 aromatic heterocycles. The van der Waals surface area contributed by atoms with E-state index >= 15 is 0 Å². The van der Waals surface area contributed by atoms with Gasteiger partial charge >= 0.3 is 5.97 Å². The number of esters is 1. The van der Waals surface area contributed by atoms with E-state index in [0.29, 0.717) is 33.5 Å². The predicted octanol–water partition coefficient (Wildman–Crippen LogP) is 5.95. The SMILES string of the molecule is CC(=O)O[C@@H]1CC[C@]2(C)[C@H](CC[C@@H]3[C@@H]4CC[C@H](C5(C)SCCS5)[C@@]4(C)CC(=O)[C@@H]32)C1. The molecular weight excluding hydrogens is 412 g/mol. The molecule has 0 bridgehead atoms. The largest absolute Gasteiger partial charge is 0.463 e. The number of fused-ring (bicyclic) bond motifs is 5. The fourth-order valence-electron chi connectivity index (χ4n) is 8.97. The van der Waals surface area contributed by atoms with Gasteiger partial charge in [-0.25, -0.2) is 0 Å². The Balaban J connectivity index is 1.40. The van der Waals surface area contributed by atoms with Crippen LogP contribution in [0, 0.1) is 40.4 Å². The predicted molar refractivity (Wildman–Crippen MR) is 124 cm³/mol. The summed E-state index contributed by atoms with van der Waals surface area (Å²) in [6.45, 7) is 8.89. The van der Waals surface area contributed by atoms with Crippen molar-refractivity contribution in [3.63, 3.8) is 0 Å². The van der Waals surface area contributed by atoms with Crippen LogP contribution in [0.4, 0.5) is 0 Å². The average molecular weight is 451 g/mol. The summed E-state index contributed by atoms with van der Waals surface area (Å²) in [4.78, 5) is 25.3. The quantitative estimate of drug-likeness (QED) is 0.486. The molecule has 1 aliphatic heterocycles. The first-order chi connectivity index (χ1) is 14.2. The number of hydrogen-bond acceptors (Lipinski definition) is 5. The van der Waals surface area contributed by atoms with Gasteiger partial charge in [-0.15, -0.1) is 23.5 Å². The second-order valence-corrected chi connectivity index (χ2v) is 14.9. The Hall–Kier alpha value is -0.160. The third-order valence-electron chi connectivity index (χ3n) is 10.1. The molecule has 4 aliphatic carbocycles. The Morgan fingerprint density at radius 2 is 1.73 bits per heavy atom. The second-order valence-electron chi connectivity index (χ2n) is 11.5. The van der Waals surface area contributed by atoms with Crippen molar-refractivity contribution in [3.8, 4) is 0 Å². The highest BCUT2D eigenvalue weighted by atomic mass is 32.2. The van der Waals surface area contributed by atoms with Crippen LogP contribution in [0.5, 0.6) is 0 Å². The first kappa shape index (κ1) is 21.7. The van der Waals surface area contributed by atoms with Gasteiger partial charge in [0.2, 0.25) is 0 Å². The van der Waals surface area contributed by atoms with E-state index in [1.54, 1.807) is 0 Å². The third-order valence-corrected chi connectivity index (χ3v) is 13.6. The Morgan fingerprint density at radius 3 is 2.43 bits per heavy atom. The van der Waals surface area contributed by atoms with Crippen LogP contribution >= 0.6 is 23.5 Å². The molecule has 0 unspecified atom stereocenters. The molecule has 4 saturated carbocycles. The maximum atomic E-state index is 13.9. The van der Waals surface area contributed by atoms with Crippen molar-refractivity contribution >= 4 is 35.3 Å². The number of thioether (sulfide) groups is 2. The molecular formula is C25H38O3S2. The highest BCUT2D eigenvalue weighted by molar-refractivity contribution is 8.21. The minimum atomic E-state index is -0.157. The molecule has 5 fully saturated rings. The number of rotatable bonds is 2. The molecule has 8 atom stereocenters. The molecule has 1 saturated heterocycles. The summed E-state index contributed by atoms with van der Waals surface area (Å²) < 4.78 is 5.89. The summed E-state index contributed by atoms with van der Waals surface area (Å²) in [5.41, 5.74) is 0.298. The second kappa shape index (κ2) is 7.43. The fourth-order valence-corrected chi connectivity index (χ4v) is 12.5. The standard InChI is InChI=1S/C25H38O3S2/c1-15(26)28-17-9-10-23(2)16(13-17)5-6-18-19-7-8-21(25(4)29-11-12-30-25)24(19,3)14-20(27)22(18)23/h16-19,21-22H,5-14H2,1-4H3/t16-,17-,18-,19+,21+,22-,23-,24+/m1/s1. The topological polar surface area (TPSA) is 43.4 Å². The van der Waals surface area contributed by atoms with Gasteiger partial charge < -0.3 is 4.74 Å². The molecule has 5 rings (SSSR count). The molecule has 168 valence electrons. The molecule has 0 N–H and O–H groups in total. The summed E-state index contributed by atoms with van der Waals surface area (Å²) in [6.07, 6.45) is 8.84. The van der Waals surface area contributed by atoms with E-state index < -0.39 is 0 Å².